The van der Waals surface area contributed by atoms with Crippen molar-refractivity contribution in [2.24, 2.45) is 0 Å². The summed E-state index contributed by atoms with van der Waals surface area (Å²) in [6, 6.07) is 16.6. The third kappa shape index (κ3) is 4.17. The number of nitro groups is 1. The van der Waals surface area contributed by atoms with Gasteiger partial charge in [-0.3, -0.25) is 10.1 Å². The van der Waals surface area contributed by atoms with Gasteiger partial charge in [0, 0.05) is 29.0 Å². The molecule has 0 aliphatic carbocycles. The number of aromatic nitrogens is 3. The Hall–Kier alpha value is -2.67. The SMILES string of the molecule is O=[N+]([O-])c1ccc(Cn2cc(CSc3ccccc3)nn2)cc1. The molecular formula is C16H14N4O2S. The van der Waals surface area contributed by atoms with Crippen molar-refractivity contribution >= 4 is 17.4 Å². The van der Waals surface area contributed by atoms with Crippen molar-refractivity contribution in [3.05, 3.63) is 82.2 Å². The lowest BCUT2D eigenvalue weighted by Crippen LogP contribution is -2.00. The van der Waals surface area contributed by atoms with Crippen LogP contribution in [0.25, 0.3) is 0 Å². The average Bonchev–Trinajstić information content (AvgIpc) is 3.02. The minimum absolute atomic E-state index is 0.0901. The van der Waals surface area contributed by atoms with Crippen molar-refractivity contribution in [3.8, 4) is 0 Å². The zero-order valence-electron chi connectivity index (χ0n) is 12.2. The van der Waals surface area contributed by atoms with E-state index in [0.717, 1.165) is 17.0 Å². The van der Waals surface area contributed by atoms with Crippen LogP contribution < -0.4 is 0 Å². The molecule has 7 heteroatoms. The van der Waals surface area contributed by atoms with Crippen molar-refractivity contribution in [2.75, 3.05) is 0 Å². The highest BCUT2D eigenvalue weighted by Crippen LogP contribution is 2.21. The molecule has 0 aliphatic rings. The lowest BCUT2D eigenvalue weighted by atomic mass is 10.2. The molecule has 1 aromatic heterocycles. The zero-order chi connectivity index (χ0) is 16.1. The first-order valence-corrected chi connectivity index (χ1v) is 7.99. The van der Waals surface area contributed by atoms with E-state index in [1.807, 2.05) is 24.4 Å². The fraction of sp³-hybridized carbons (Fsp3) is 0.125. The molecule has 0 atom stereocenters. The van der Waals surface area contributed by atoms with Crippen LogP contribution in [0.15, 0.2) is 65.7 Å². The minimum Gasteiger partial charge on any atom is -0.258 e. The first-order chi connectivity index (χ1) is 11.2. The van der Waals surface area contributed by atoms with Gasteiger partial charge in [0.05, 0.1) is 17.2 Å². The highest BCUT2D eigenvalue weighted by molar-refractivity contribution is 7.98. The van der Waals surface area contributed by atoms with Gasteiger partial charge in [0.1, 0.15) is 0 Å². The summed E-state index contributed by atoms with van der Waals surface area (Å²) in [7, 11) is 0. The van der Waals surface area contributed by atoms with E-state index in [-0.39, 0.29) is 5.69 Å². The van der Waals surface area contributed by atoms with Crippen LogP contribution in [0.5, 0.6) is 0 Å². The van der Waals surface area contributed by atoms with E-state index < -0.39 is 4.92 Å². The standard InChI is InChI=1S/C16H14N4O2S/c21-20(22)15-8-6-13(7-9-15)10-19-11-14(17-18-19)12-23-16-4-2-1-3-5-16/h1-9,11H,10,12H2. The second-order valence-electron chi connectivity index (χ2n) is 4.93. The molecule has 0 radical (unpaired) electrons. The lowest BCUT2D eigenvalue weighted by molar-refractivity contribution is -0.384. The van der Waals surface area contributed by atoms with Crippen LogP contribution >= 0.6 is 11.8 Å². The second kappa shape index (κ2) is 7.06. The number of nitrogens with zero attached hydrogens (tertiary/aromatic N) is 4. The normalized spacial score (nSPS) is 10.6. The lowest BCUT2D eigenvalue weighted by Gasteiger charge is -2.00. The number of benzene rings is 2. The molecule has 3 aromatic rings. The number of hydrogen-bond donors (Lipinski definition) is 0. The Balaban J connectivity index is 1.59. The number of rotatable bonds is 6. The van der Waals surface area contributed by atoms with E-state index in [4.69, 9.17) is 0 Å². The van der Waals surface area contributed by atoms with Gasteiger partial charge in [-0.15, -0.1) is 16.9 Å². The third-order valence-electron chi connectivity index (χ3n) is 3.21. The minimum atomic E-state index is -0.405. The van der Waals surface area contributed by atoms with Gasteiger partial charge in [-0.2, -0.15) is 0 Å². The van der Waals surface area contributed by atoms with Crippen molar-refractivity contribution in [1.29, 1.82) is 0 Å². The van der Waals surface area contributed by atoms with Gasteiger partial charge in [0.15, 0.2) is 0 Å². The van der Waals surface area contributed by atoms with Gasteiger partial charge in [0.2, 0.25) is 0 Å². The Morgan fingerprint density at radius 1 is 1.09 bits per heavy atom. The Labute approximate surface area is 137 Å². The largest absolute Gasteiger partial charge is 0.269 e. The molecule has 0 spiro atoms. The molecule has 0 N–H and O–H groups in total. The molecule has 0 unspecified atom stereocenters. The monoisotopic (exact) mass is 326 g/mol. The molecule has 116 valence electrons. The first-order valence-electron chi connectivity index (χ1n) is 7.01. The van der Waals surface area contributed by atoms with E-state index in [0.29, 0.717) is 6.54 Å². The number of thioether (sulfide) groups is 1. The molecule has 0 aliphatic heterocycles. The van der Waals surface area contributed by atoms with Gasteiger partial charge < -0.3 is 0 Å². The number of non-ortho nitro benzene ring substituents is 1. The maximum atomic E-state index is 10.6. The molecule has 0 saturated carbocycles. The Bertz CT molecular complexity index is 787. The van der Waals surface area contributed by atoms with Gasteiger partial charge in [-0.25, -0.2) is 4.68 Å². The molecule has 0 fully saturated rings. The molecule has 0 saturated heterocycles. The van der Waals surface area contributed by atoms with Gasteiger partial charge >= 0.3 is 0 Å². The molecule has 2 aromatic carbocycles. The van der Waals surface area contributed by atoms with Crippen molar-refractivity contribution in [3.63, 3.8) is 0 Å². The fourth-order valence-electron chi connectivity index (χ4n) is 2.07. The molecule has 1 heterocycles. The van der Waals surface area contributed by atoms with Crippen LogP contribution in [-0.4, -0.2) is 19.9 Å². The highest BCUT2D eigenvalue weighted by atomic mass is 32.2. The Kier molecular flexibility index (Phi) is 4.68. The van der Waals surface area contributed by atoms with Crippen LogP contribution in [0.1, 0.15) is 11.3 Å². The molecule has 6 nitrogen and oxygen atoms in total. The van der Waals surface area contributed by atoms with Crippen LogP contribution in [-0.2, 0) is 12.3 Å². The van der Waals surface area contributed by atoms with Crippen LogP contribution in [0, 0.1) is 10.1 Å². The summed E-state index contributed by atoms with van der Waals surface area (Å²) in [5.41, 5.74) is 1.94. The van der Waals surface area contributed by atoms with E-state index >= 15 is 0 Å². The quantitative estimate of drug-likeness (QED) is 0.393. The highest BCUT2D eigenvalue weighted by Gasteiger charge is 2.06. The molecule has 0 amide bonds. The van der Waals surface area contributed by atoms with Gasteiger partial charge in [0.25, 0.3) is 5.69 Å². The van der Waals surface area contributed by atoms with E-state index in [1.54, 1.807) is 28.6 Å². The van der Waals surface area contributed by atoms with Gasteiger partial charge in [-0.05, 0) is 17.7 Å². The van der Waals surface area contributed by atoms with E-state index in [1.165, 1.54) is 17.0 Å². The van der Waals surface area contributed by atoms with Crippen LogP contribution in [0.4, 0.5) is 5.69 Å². The number of nitro benzene ring substituents is 1. The fourth-order valence-corrected chi connectivity index (χ4v) is 2.86. The Morgan fingerprint density at radius 2 is 1.83 bits per heavy atom. The van der Waals surface area contributed by atoms with Crippen molar-refractivity contribution < 1.29 is 4.92 Å². The zero-order valence-corrected chi connectivity index (χ0v) is 13.0. The summed E-state index contributed by atoms with van der Waals surface area (Å²) < 4.78 is 1.74. The molecular weight excluding hydrogens is 312 g/mol. The smallest absolute Gasteiger partial charge is 0.258 e. The molecule has 23 heavy (non-hydrogen) atoms. The Morgan fingerprint density at radius 3 is 2.52 bits per heavy atom. The summed E-state index contributed by atoms with van der Waals surface area (Å²) in [5.74, 6) is 0.754. The topological polar surface area (TPSA) is 73.8 Å². The summed E-state index contributed by atoms with van der Waals surface area (Å²) >= 11 is 1.71. The summed E-state index contributed by atoms with van der Waals surface area (Å²) in [6.07, 6.45) is 1.90. The maximum absolute atomic E-state index is 10.6. The molecule has 0 bridgehead atoms. The summed E-state index contributed by atoms with van der Waals surface area (Å²) in [6.45, 7) is 0.543. The average molecular weight is 326 g/mol. The third-order valence-corrected chi connectivity index (χ3v) is 4.25. The number of hydrogen-bond acceptors (Lipinski definition) is 5. The predicted molar refractivity (Wildman–Crippen MR) is 88.2 cm³/mol. The molecule has 3 rings (SSSR count). The van der Waals surface area contributed by atoms with E-state index in [9.17, 15) is 10.1 Å². The van der Waals surface area contributed by atoms with Gasteiger partial charge in [-0.1, -0.05) is 35.5 Å². The first kappa shape index (κ1) is 15.2. The predicted octanol–water partition coefficient (Wildman–Crippen LogP) is 3.53. The van der Waals surface area contributed by atoms with Crippen molar-refractivity contribution in [2.45, 2.75) is 17.2 Å². The summed E-state index contributed by atoms with van der Waals surface area (Å²) in [4.78, 5) is 11.4. The van der Waals surface area contributed by atoms with Crippen molar-refractivity contribution in [1.82, 2.24) is 15.0 Å². The second-order valence-corrected chi connectivity index (χ2v) is 5.98. The van der Waals surface area contributed by atoms with Crippen LogP contribution in [0.3, 0.4) is 0 Å². The van der Waals surface area contributed by atoms with Crippen LogP contribution in [0.2, 0.25) is 0 Å². The summed E-state index contributed by atoms with van der Waals surface area (Å²) in [5, 5.41) is 18.9. The maximum Gasteiger partial charge on any atom is 0.269 e. The van der Waals surface area contributed by atoms with E-state index in [2.05, 4.69) is 22.4 Å².